The smallest absolute Gasteiger partial charge is 0.343 e. The molecule has 0 aliphatic rings. The normalized spacial score (nSPS) is 10.7. The fourth-order valence-corrected chi connectivity index (χ4v) is 2.80. The summed E-state index contributed by atoms with van der Waals surface area (Å²) in [5.41, 5.74) is 4.77. The van der Waals surface area contributed by atoms with E-state index in [-0.39, 0.29) is 5.91 Å². The molecule has 31 heavy (non-hydrogen) atoms. The van der Waals surface area contributed by atoms with Gasteiger partial charge in [-0.25, -0.2) is 10.2 Å². The number of aryl methyl sites for hydroxylation is 1. The Morgan fingerprint density at radius 3 is 2.48 bits per heavy atom. The molecule has 0 aliphatic carbocycles. The molecule has 0 atom stereocenters. The van der Waals surface area contributed by atoms with Gasteiger partial charge in [-0.2, -0.15) is 5.10 Å². The Labute approximate surface area is 188 Å². The number of nitrogens with one attached hydrogen (secondary N) is 1. The molecule has 8 heteroatoms. The lowest BCUT2D eigenvalue weighted by molar-refractivity contribution is 0.0728. The lowest BCUT2D eigenvalue weighted by Crippen LogP contribution is -2.17. The summed E-state index contributed by atoms with van der Waals surface area (Å²) in [6.45, 7) is 4.06. The lowest BCUT2D eigenvalue weighted by Gasteiger charge is -2.11. The summed E-state index contributed by atoms with van der Waals surface area (Å²) in [5, 5.41) is 3.97. The zero-order chi connectivity index (χ0) is 22.2. The van der Waals surface area contributed by atoms with Crippen LogP contribution < -0.4 is 14.9 Å². The number of carbonyl (C=O) groups excluding carboxylic acids is 2. The minimum Gasteiger partial charge on any atom is -0.490 e. The molecule has 1 amide bonds. The highest BCUT2D eigenvalue weighted by molar-refractivity contribution is 9.10. The summed E-state index contributed by atoms with van der Waals surface area (Å²) in [6, 6.07) is 15.3. The third-order valence-corrected chi connectivity index (χ3v) is 4.63. The predicted molar refractivity (Wildman–Crippen MR) is 121 cm³/mol. The second kappa shape index (κ2) is 10.5. The van der Waals surface area contributed by atoms with Crippen molar-refractivity contribution in [3.05, 3.63) is 87.7 Å². The van der Waals surface area contributed by atoms with Crippen molar-refractivity contribution in [2.75, 3.05) is 6.61 Å². The molecule has 0 fully saturated rings. The number of rotatable bonds is 7. The summed E-state index contributed by atoms with van der Waals surface area (Å²) < 4.78 is 12.0. The van der Waals surface area contributed by atoms with E-state index in [9.17, 15) is 9.59 Å². The lowest BCUT2D eigenvalue weighted by atomic mass is 10.2. The number of ether oxygens (including phenoxy) is 2. The fraction of sp³-hybridized carbons (Fsp3) is 0.130. The molecule has 7 nitrogen and oxygen atoms in total. The number of halogens is 1. The van der Waals surface area contributed by atoms with Crippen molar-refractivity contribution in [2.24, 2.45) is 5.10 Å². The van der Waals surface area contributed by atoms with Gasteiger partial charge in [-0.1, -0.05) is 15.9 Å². The first kappa shape index (κ1) is 22.2. The van der Waals surface area contributed by atoms with Crippen LogP contribution in [-0.2, 0) is 0 Å². The maximum atomic E-state index is 12.4. The van der Waals surface area contributed by atoms with E-state index in [1.54, 1.807) is 54.6 Å². The first-order valence-corrected chi connectivity index (χ1v) is 10.3. The molecule has 3 aromatic rings. The average molecular weight is 482 g/mol. The van der Waals surface area contributed by atoms with Crippen LogP contribution >= 0.6 is 15.9 Å². The van der Waals surface area contributed by atoms with E-state index in [1.807, 2.05) is 13.8 Å². The summed E-state index contributed by atoms with van der Waals surface area (Å²) in [5.74, 6) is -0.171. The van der Waals surface area contributed by atoms with E-state index in [0.717, 1.165) is 10.2 Å². The van der Waals surface area contributed by atoms with Gasteiger partial charge in [-0.3, -0.25) is 9.78 Å². The summed E-state index contributed by atoms with van der Waals surface area (Å²) in [6.07, 6.45) is 2.96. The van der Waals surface area contributed by atoms with Crippen LogP contribution in [0.2, 0.25) is 0 Å². The van der Waals surface area contributed by atoms with Crippen molar-refractivity contribution in [3.8, 4) is 11.5 Å². The van der Waals surface area contributed by atoms with Gasteiger partial charge in [0.05, 0.1) is 23.9 Å². The predicted octanol–water partition coefficient (Wildman–Crippen LogP) is 4.53. The molecule has 1 aromatic heterocycles. The number of pyridine rings is 1. The van der Waals surface area contributed by atoms with Gasteiger partial charge in [-0.15, -0.1) is 0 Å². The van der Waals surface area contributed by atoms with Crippen LogP contribution in [0.4, 0.5) is 0 Å². The van der Waals surface area contributed by atoms with Crippen LogP contribution in [0, 0.1) is 6.92 Å². The highest BCUT2D eigenvalue weighted by Crippen LogP contribution is 2.29. The molecular weight excluding hydrogens is 462 g/mol. The van der Waals surface area contributed by atoms with Crippen LogP contribution in [0.25, 0.3) is 0 Å². The van der Waals surface area contributed by atoms with Gasteiger partial charge >= 0.3 is 5.97 Å². The molecule has 1 heterocycles. The van der Waals surface area contributed by atoms with E-state index in [4.69, 9.17) is 9.47 Å². The van der Waals surface area contributed by atoms with Crippen molar-refractivity contribution in [2.45, 2.75) is 13.8 Å². The Morgan fingerprint density at radius 2 is 1.81 bits per heavy atom. The number of esters is 1. The standard InChI is InChI=1S/C23H20BrN3O4/c1-3-30-21-12-16(13-26-27-22(28)18-6-4-15(2)25-14-18)5-11-20(21)31-23(29)17-7-9-19(24)10-8-17/h4-14H,3H2,1-2H3,(H,27,28)/b26-13+. The van der Waals surface area contributed by atoms with Gasteiger partial charge in [0.1, 0.15) is 0 Å². The highest BCUT2D eigenvalue weighted by atomic mass is 79.9. The molecular formula is C23H20BrN3O4. The average Bonchev–Trinajstić information content (AvgIpc) is 2.76. The van der Waals surface area contributed by atoms with E-state index in [1.165, 1.54) is 12.4 Å². The first-order valence-electron chi connectivity index (χ1n) is 9.47. The van der Waals surface area contributed by atoms with Crippen LogP contribution in [0.3, 0.4) is 0 Å². The summed E-state index contributed by atoms with van der Waals surface area (Å²) >= 11 is 3.33. The molecule has 3 rings (SSSR count). The molecule has 0 saturated carbocycles. The number of hydrogen-bond donors (Lipinski definition) is 1. The molecule has 0 aliphatic heterocycles. The van der Waals surface area contributed by atoms with Crippen molar-refractivity contribution < 1.29 is 19.1 Å². The van der Waals surface area contributed by atoms with E-state index in [2.05, 4.69) is 31.4 Å². The highest BCUT2D eigenvalue weighted by Gasteiger charge is 2.13. The number of aromatic nitrogens is 1. The number of hydrazone groups is 1. The molecule has 1 N–H and O–H groups in total. The van der Waals surface area contributed by atoms with Crippen LogP contribution in [0.1, 0.15) is 38.9 Å². The fourth-order valence-electron chi connectivity index (χ4n) is 2.53. The molecule has 0 bridgehead atoms. The van der Waals surface area contributed by atoms with Gasteiger partial charge in [0.15, 0.2) is 11.5 Å². The van der Waals surface area contributed by atoms with Gasteiger partial charge in [-0.05, 0) is 74.0 Å². The maximum Gasteiger partial charge on any atom is 0.343 e. The molecule has 0 spiro atoms. The zero-order valence-electron chi connectivity index (χ0n) is 17.0. The Bertz CT molecular complexity index is 1100. The van der Waals surface area contributed by atoms with Gasteiger partial charge < -0.3 is 9.47 Å². The Balaban J connectivity index is 1.69. The minimum atomic E-state index is -0.492. The van der Waals surface area contributed by atoms with Gasteiger partial charge in [0.25, 0.3) is 5.91 Å². The van der Waals surface area contributed by atoms with Gasteiger partial charge in [0.2, 0.25) is 0 Å². The Kier molecular flexibility index (Phi) is 7.50. The zero-order valence-corrected chi connectivity index (χ0v) is 18.5. The van der Waals surface area contributed by atoms with Crippen molar-refractivity contribution >= 4 is 34.0 Å². The molecule has 0 radical (unpaired) electrons. The summed E-state index contributed by atoms with van der Waals surface area (Å²) in [4.78, 5) is 28.6. The second-order valence-electron chi connectivity index (χ2n) is 6.42. The van der Waals surface area contributed by atoms with Crippen LogP contribution in [0.15, 0.2) is 70.4 Å². The van der Waals surface area contributed by atoms with Crippen molar-refractivity contribution in [3.63, 3.8) is 0 Å². The Morgan fingerprint density at radius 1 is 1.06 bits per heavy atom. The largest absolute Gasteiger partial charge is 0.490 e. The number of benzene rings is 2. The third-order valence-electron chi connectivity index (χ3n) is 4.10. The topological polar surface area (TPSA) is 89.9 Å². The van der Waals surface area contributed by atoms with Crippen LogP contribution in [-0.4, -0.2) is 29.7 Å². The molecule has 158 valence electrons. The number of hydrogen-bond acceptors (Lipinski definition) is 6. The first-order chi connectivity index (χ1) is 15.0. The van der Waals surface area contributed by atoms with Crippen LogP contribution in [0.5, 0.6) is 11.5 Å². The monoisotopic (exact) mass is 481 g/mol. The van der Waals surface area contributed by atoms with Gasteiger partial charge in [0, 0.05) is 16.4 Å². The second-order valence-corrected chi connectivity index (χ2v) is 7.34. The van der Waals surface area contributed by atoms with E-state index < -0.39 is 5.97 Å². The molecule has 0 saturated heterocycles. The molecule has 2 aromatic carbocycles. The Hall–Kier alpha value is -3.52. The molecule has 0 unspecified atom stereocenters. The SMILES string of the molecule is CCOc1cc(/C=N/NC(=O)c2ccc(C)nc2)ccc1OC(=O)c1ccc(Br)cc1. The van der Waals surface area contributed by atoms with E-state index in [0.29, 0.717) is 34.8 Å². The number of nitrogens with zero attached hydrogens (tertiary/aromatic N) is 2. The summed E-state index contributed by atoms with van der Waals surface area (Å²) in [7, 11) is 0. The quantitative estimate of drug-likeness (QED) is 0.231. The van der Waals surface area contributed by atoms with Crippen molar-refractivity contribution in [1.29, 1.82) is 0 Å². The number of carbonyl (C=O) groups is 2. The van der Waals surface area contributed by atoms with Crippen molar-refractivity contribution in [1.82, 2.24) is 10.4 Å². The maximum absolute atomic E-state index is 12.4. The van der Waals surface area contributed by atoms with E-state index >= 15 is 0 Å². The minimum absolute atomic E-state index is 0.293. The number of amides is 1. The third kappa shape index (κ3) is 6.23.